The molecule has 0 saturated heterocycles. The van der Waals surface area contributed by atoms with Crippen molar-refractivity contribution >= 4 is 0 Å². The summed E-state index contributed by atoms with van der Waals surface area (Å²) in [5.41, 5.74) is 0.644. The van der Waals surface area contributed by atoms with Gasteiger partial charge in [-0.2, -0.15) is 5.10 Å². The highest BCUT2D eigenvalue weighted by Crippen LogP contribution is 2.23. The van der Waals surface area contributed by atoms with Crippen molar-refractivity contribution in [3.8, 4) is 11.3 Å². The van der Waals surface area contributed by atoms with Crippen molar-refractivity contribution in [2.24, 2.45) is 0 Å². The van der Waals surface area contributed by atoms with Crippen LogP contribution in [0.4, 0.5) is 8.78 Å². The van der Waals surface area contributed by atoms with Crippen LogP contribution in [0, 0.1) is 11.6 Å². The number of nitrogens with zero attached hydrogens (tertiary/aromatic N) is 2. The van der Waals surface area contributed by atoms with Crippen LogP contribution in [0.3, 0.4) is 0 Å². The molecule has 1 aromatic heterocycles. The SMILES string of the molecule is CC(C)n1ccc(-c2cccc(F)c2F)n1. The number of benzene rings is 1. The lowest BCUT2D eigenvalue weighted by Gasteiger charge is -2.04. The molecule has 0 bridgehead atoms. The summed E-state index contributed by atoms with van der Waals surface area (Å²) in [4.78, 5) is 0. The Morgan fingerprint density at radius 2 is 1.94 bits per heavy atom. The first-order valence-electron chi connectivity index (χ1n) is 5.09. The van der Waals surface area contributed by atoms with Crippen LogP contribution in [-0.4, -0.2) is 9.78 Å². The highest BCUT2D eigenvalue weighted by Gasteiger charge is 2.12. The molecule has 0 atom stereocenters. The molecule has 0 aliphatic carbocycles. The fourth-order valence-corrected chi connectivity index (χ4v) is 1.47. The van der Waals surface area contributed by atoms with Gasteiger partial charge in [-0.3, -0.25) is 4.68 Å². The standard InChI is InChI=1S/C12H12F2N2/c1-8(2)16-7-6-11(15-16)9-4-3-5-10(13)12(9)14/h3-8H,1-2H3. The second kappa shape index (κ2) is 4.04. The highest BCUT2D eigenvalue weighted by molar-refractivity contribution is 5.59. The molecule has 0 aliphatic rings. The van der Waals surface area contributed by atoms with E-state index in [2.05, 4.69) is 5.10 Å². The zero-order valence-electron chi connectivity index (χ0n) is 9.11. The Balaban J connectivity index is 2.47. The average molecular weight is 222 g/mol. The second-order valence-electron chi connectivity index (χ2n) is 3.88. The Bertz CT molecular complexity index is 503. The van der Waals surface area contributed by atoms with E-state index in [0.29, 0.717) is 5.69 Å². The van der Waals surface area contributed by atoms with E-state index in [4.69, 9.17) is 0 Å². The normalized spacial score (nSPS) is 11.1. The average Bonchev–Trinajstić information content (AvgIpc) is 2.71. The third-order valence-corrected chi connectivity index (χ3v) is 2.36. The maximum atomic E-state index is 13.5. The maximum absolute atomic E-state index is 13.5. The molecule has 1 heterocycles. The van der Waals surface area contributed by atoms with Crippen molar-refractivity contribution in [2.45, 2.75) is 19.9 Å². The molecule has 0 amide bonds. The molecule has 0 unspecified atom stereocenters. The van der Waals surface area contributed by atoms with Gasteiger partial charge in [0, 0.05) is 17.8 Å². The van der Waals surface area contributed by atoms with Gasteiger partial charge in [-0.05, 0) is 32.0 Å². The van der Waals surface area contributed by atoms with Gasteiger partial charge in [0.25, 0.3) is 0 Å². The van der Waals surface area contributed by atoms with Gasteiger partial charge in [0.05, 0.1) is 5.69 Å². The summed E-state index contributed by atoms with van der Waals surface area (Å²) in [5.74, 6) is -1.70. The Morgan fingerprint density at radius 1 is 1.19 bits per heavy atom. The van der Waals surface area contributed by atoms with Crippen LogP contribution in [0.1, 0.15) is 19.9 Å². The van der Waals surface area contributed by atoms with Crippen molar-refractivity contribution in [1.82, 2.24) is 9.78 Å². The van der Waals surface area contributed by atoms with Gasteiger partial charge in [0.1, 0.15) is 0 Å². The van der Waals surface area contributed by atoms with Gasteiger partial charge < -0.3 is 0 Å². The van der Waals surface area contributed by atoms with E-state index in [1.807, 2.05) is 13.8 Å². The number of hydrogen-bond acceptors (Lipinski definition) is 1. The monoisotopic (exact) mass is 222 g/mol. The zero-order chi connectivity index (χ0) is 11.7. The molecule has 4 heteroatoms. The van der Waals surface area contributed by atoms with E-state index >= 15 is 0 Å². The van der Waals surface area contributed by atoms with Gasteiger partial charge >= 0.3 is 0 Å². The van der Waals surface area contributed by atoms with Crippen molar-refractivity contribution in [1.29, 1.82) is 0 Å². The molecule has 0 N–H and O–H groups in total. The first-order valence-corrected chi connectivity index (χ1v) is 5.09. The first-order chi connectivity index (χ1) is 7.59. The highest BCUT2D eigenvalue weighted by atomic mass is 19.2. The Labute approximate surface area is 92.5 Å². The van der Waals surface area contributed by atoms with Gasteiger partial charge in [-0.15, -0.1) is 0 Å². The summed E-state index contributed by atoms with van der Waals surface area (Å²) >= 11 is 0. The molecule has 16 heavy (non-hydrogen) atoms. The van der Waals surface area contributed by atoms with Crippen molar-refractivity contribution in [3.05, 3.63) is 42.1 Å². The Kier molecular flexibility index (Phi) is 2.73. The van der Waals surface area contributed by atoms with E-state index in [9.17, 15) is 8.78 Å². The van der Waals surface area contributed by atoms with Crippen LogP contribution in [0.2, 0.25) is 0 Å². The summed E-state index contributed by atoms with van der Waals surface area (Å²) in [5, 5.41) is 4.19. The predicted molar refractivity (Wildman–Crippen MR) is 58.0 cm³/mol. The third-order valence-electron chi connectivity index (χ3n) is 2.36. The smallest absolute Gasteiger partial charge is 0.168 e. The molecular formula is C12H12F2N2. The lowest BCUT2D eigenvalue weighted by atomic mass is 10.1. The molecule has 0 aliphatic heterocycles. The zero-order valence-corrected chi connectivity index (χ0v) is 9.11. The summed E-state index contributed by atoms with van der Waals surface area (Å²) < 4.78 is 28.2. The maximum Gasteiger partial charge on any atom is 0.168 e. The van der Waals surface area contributed by atoms with Crippen LogP contribution in [0.25, 0.3) is 11.3 Å². The van der Waals surface area contributed by atoms with Crippen LogP contribution < -0.4 is 0 Å². The largest absolute Gasteiger partial charge is 0.270 e. The second-order valence-corrected chi connectivity index (χ2v) is 3.88. The molecule has 84 valence electrons. The lowest BCUT2D eigenvalue weighted by Crippen LogP contribution is -2.01. The molecule has 2 aromatic rings. The van der Waals surface area contributed by atoms with Crippen molar-refractivity contribution < 1.29 is 8.78 Å². The fraction of sp³-hybridized carbons (Fsp3) is 0.250. The molecule has 0 fully saturated rings. The summed E-state index contributed by atoms with van der Waals surface area (Å²) in [6.45, 7) is 3.94. The lowest BCUT2D eigenvalue weighted by molar-refractivity contribution is 0.509. The molecule has 0 radical (unpaired) electrons. The van der Waals surface area contributed by atoms with Gasteiger partial charge in [0.2, 0.25) is 0 Å². The number of rotatable bonds is 2. The van der Waals surface area contributed by atoms with E-state index in [1.165, 1.54) is 12.1 Å². The minimum atomic E-state index is -0.850. The molecular weight excluding hydrogens is 210 g/mol. The summed E-state index contributed by atoms with van der Waals surface area (Å²) in [6, 6.07) is 5.97. The topological polar surface area (TPSA) is 17.8 Å². The van der Waals surface area contributed by atoms with E-state index in [-0.39, 0.29) is 11.6 Å². The minimum Gasteiger partial charge on any atom is -0.270 e. The van der Waals surface area contributed by atoms with Gasteiger partial charge in [0.15, 0.2) is 11.6 Å². The molecule has 2 nitrogen and oxygen atoms in total. The quantitative estimate of drug-likeness (QED) is 0.761. The third kappa shape index (κ3) is 1.83. The van der Waals surface area contributed by atoms with Crippen molar-refractivity contribution in [3.63, 3.8) is 0 Å². The van der Waals surface area contributed by atoms with Gasteiger partial charge in [-0.1, -0.05) is 6.07 Å². The molecule has 1 aromatic carbocycles. The minimum absolute atomic E-state index is 0.194. The van der Waals surface area contributed by atoms with E-state index < -0.39 is 11.6 Å². The van der Waals surface area contributed by atoms with Crippen LogP contribution in [-0.2, 0) is 0 Å². The first kappa shape index (κ1) is 10.8. The Morgan fingerprint density at radius 3 is 2.56 bits per heavy atom. The summed E-state index contributed by atoms with van der Waals surface area (Å²) in [7, 11) is 0. The predicted octanol–water partition coefficient (Wildman–Crippen LogP) is 3.41. The van der Waals surface area contributed by atoms with Crippen LogP contribution in [0.5, 0.6) is 0 Å². The fourth-order valence-electron chi connectivity index (χ4n) is 1.47. The summed E-state index contributed by atoms with van der Waals surface area (Å²) in [6.07, 6.45) is 1.75. The van der Waals surface area contributed by atoms with E-state index in [1.54, 1.807) is 16.9 Å². The van der Waals surface area contributed by atoms with Crippen LogP contribution in [0.15, 0.2) is 30.5 Å². The number of hydrogen-bond donors (Lipinski definition) is 0. The van der Waals surface area contributed by atoms with Gasteiger partial charge in [-0.25, -0.2) is 8.78 Å². The number of aromatic nitrogens is 2. The molecule has 0 spiro atoms. The molecule has 0 saturated carbocycles. The van der Waals surface area contributed by atoms with Crippen LogP contribution >= 0.6 is 0 Å². The molecule has 2 rings (SSSR count). The Hall–Kier alpha value is -1.71. The van der Waals surface area contributed by atoms with Crippen molar-refractivity contribution in [2.75, 3.05) is 0 Å². The number of halogens is 2. The van der Waals surface area contributed by atoms with E-state index in [0.717, 1.165) is 6.07 Å².